The van der Waals surface area contributed by atoms with E-state index in [9.17, 15) is 19.5 Å². The van der Waals surface area contributed by atoms with Gasteiger partial charge in [0.15, 0.2) is 6.10 Å². The van der Waals surface area contributed by atoms with Gasteiger partial charge < -0.3 is 25.6 Å². The Kier molecular flexibility index (Phi) is 6.93. The molecule has 8 nitrogen and oxygen atoms in total. The van der Waals surface area contributed by atoms with Gasteiger partial charge in [0.25, 0.3) is 0 Å². The first kappa shape index (κ1) is 22.8. The van der Waals surface area contributed by atoms with Crippen molar-refractivity contribution in [2.75, 3.05) is 19.7 Å². The highest BCUT2D eigenvalue weighted by Crippen LogP contribution is 2.44. The molecule has 2 aromatic carbocycles. The molecule has 0 spiro atoms. The Morgan fingerprint density at radius 3 is 2.24 bits per heavy atom. The van der Waals surface area contributed by atoms with Crippen molar-refractivity contribution in [3.05, 3.63) is 59.7 Å². The highest BCUT2D eigenvalue weighted by molar-refractivity contribution is 5.81. The number of hydrogen-bond acceptors (Lipinski definition) is 5. The van der Waals surface area contributed by atoms with Crippen molar-refractivity contribution in [1.29, 1.82) is 0 Å². The highest BCUT2D eigenvalue weighted by Gasteiger charge is 2.34. The topological polar surface area (TPSA) is 125 Å². The summed E-state index contributed by atoms with van der Waals surface area (Å²) in [5.74, 6) is -2.09. The Labute approximate surface area is 192 Å². The molecule has 8 heteroatoms. The van der Waals surface area contributed by atoms with Crippen molar-refractivity contribution >= 4 is 18.0 Å². The minimum atomic E-state index is -1.63. The zero-order valence-electron chi connectivity index (χ0n) is 18.2. The molecule has 0 saturated heterocycles. The zero-order chi connectivity index (χ0) is 23.4. The van der Waals surface area contributed by atoms with Crippen molar-refractivity contribution in [1.82, 2.24) is 10.6 Å². The van der Waals surface area contributed by atoms with Gasteiger partial charge in [0.1, 0.15) is 6.61 Å². The van der Waals surface area contributed by atoms with Crippen molar-refractivity contribution in [2.45, 2.75) is 31.3 Å². The Hall–Kier alpha value is -3.39. The Morgan fingerprint density at radius 2 is 1.61 bits per heavy atom. The second kappa shape index (κ2) is 10.0. The Morgan fingerprint density at radius 1 is 0.970 bits per heavy atom. The number of ether oxygens (including phenoxy) is 1. The van der Waals surface area contributed by atoms with Crippen molar-refractivity contribution in [2.24, 2.45) is 11.8 Å². The van der Waals surface area contributed by atoms with E-state index in [1.54, 1.807) is 0 Å². The molecule has 3 atom stereocenters. The van der Waals surface area contributed by atoms with Gasteiger partial charge in [-0.3, -0.25) is 4.79 Å². The molecule has 1 saturated carbocycles. The van der Waals surface area contributed by atoms with Crippen LogP contribution in [0.4, 0.5) is 4.79 Å². The number of carbonyl (C=O) groups is 3. The summed E-state index contributed by atoms with van der Waals surface area (Å²) in [6, 6.07) is 16.2. The van der Waals surface area contributed by atoms with Crippen molar-refractivity contribution in [3.63, 3.8) is 0 Å². The summed E-state index contributed by atoms with van der Waals surface area (Å²) in [6.07, 6.45) is 0.128. The lowest BCUT2D eigenvalue weighted by atomic mass is 9.95. The van der Waals surface area contributed by atoms with Crippen LogP contribution in [0.15, 0.2) is 48.5 Å². The Balaban J connectivity index is 1.28. The van der Waals surface area contributed by atoms with Crippen LogP contribution in [-0.2, 0) is 14.3 Å². The van der Waals surface area contributed by atoms with Crippen LogP contribution in [0.2, 0.25) is 0 Å². The third-order valence-electron chi connectivity index (χ3n) is 6.60. The zero-order valence-corrected chi connectivity index (χ0v) is 18.2. The molecule has 4 rings (SSSR count). The first-order valence-corrected chi connectivity index (χ1v) is 11.2. The number of hydrogen-bond donors (Lipinski definition) is 4. The fourth-order valence-electron chi connectivity index (χ4n) is 4.91. The van der Waals surface area contributed by atoms with Gasteiger partial charge in [-0.25, -0.2) is 9.59 Å². The molecule has 0 aromatic heterocycles. The fraction of sp³-hybridized carbons (Fsp3) is 0.400. The number of amides is 2. The van der Waals surface area contributed by atoms with E-state index in [1.165, 1.54) is 0 Å². The number of aliphatic hydroxyl groups is 1. The van der Waals surface area contributed by atoms with E-state index in [0.717, 1.165) is 35.1 Å². The number of fused-ring (bicyclic) bond motifs is 3. The van der Waals surface area contributed by atoms with Gasteiger partial charge in [0.05, 0.1) is 6.54 Å². The number of aliphatic hydroxyl groups excluding tert-OH is 1. The average Bonchev–Trinajstić information content (AvgIpc) is 3.42. The molecule has 2 aromatic rings. The summed E-state index contributed by atoms with van der Waals surface area (Å²) >= 11 is 0. The van der Waals surface area contributed by atoms with E-state index in [1.807, 2.05) is 24.3 Å². The van der Waals surface area contributed by atoms with Crippen LogP contribution < -0.4 is 10.6 Å². The first-order valence-electron chi connectivity index (χ1n) is 11.2. The van der Waals surface area contributed by atoms with Crippen LogP contribution in [0.5, 0.6) is 0 Å². The molecule has 0 radical (unpaired) electrons. The van der Waals surface area contributed by atoms with Gasteiger partial charge in [0, 0.05) is 18.4 Å². The molecular weight excluding hydrogens is 424 g/mol. The molecule has 0 aliphatic heterocycles. The number of nitrogens with one attached hydrogen (secondary N) is 2. The molecular formula is C25H28N2O6. The maximum atomic E-state index is 12.4. The minimum absolute atomic E-state index is 0.0196. The first-order chi connectivity index (χ1) is 16.0. The van der Waals surface area contributed by atoms with Gasteiger partial charge in [-0.15, -0.1) is 0 Å². The number of benzene rings is 2. The maximum absolute atomic E-state index is 12.4. The van der Waals surface area contributed by atoms with Crippen LogP contribution >= 0.6 is 0 Å². The molecule has 174 valence electrons. The maximum Gasteiger partial charge on any atom is 0.407 e. The van der Waals surface area contributed by atoms with Crippen LogP contribution in [0.25, 0.3) is 11.1 Å². The standard InChI is InChI=1S/C25H28N2O6/c28-22(24(30)31)13-26-23(29)16-11-5-6-15(16)12-27-25(32)33-14-21-19-9-3-1-7-17(19)18-8-2-4-10-20(18)21/h1-4,7-10,15-16,21-22,28H,5-6,11-14H2,(H,26,29)(H,27,32)(H,30,31)/t15-,16-,22-/m0/s1. The normalized spacial score (nSPS) is 19.9. The second-order valence-corrected chi connectivity index (χ2v) is 8.60. The predicted octanol–water partition coefficient (Wildman–Crippen LogP) is 2.50. The molecule has 2 aliphatic carbocycles. The lowest BCUT2D eigenvalue weighted by molar-refractivity contribution is -0.146. The van der Waals surface area contributed by atoms with E-state index < -0.39 is 18.2 Å². The minimum Gasteiger partial charge on any atom is -0.479 e. The van der Waals surface area contributed by atoms with Crippen LogP contribution in [0.1, 0.15) is 36.3 Å². The molecule has 33 heavy (non-hydrogen) atoms. The fourth-order valence-corrected chi connectivity index (χ4v) is 4.91. The summed E-state index contributed by atoms with van der Waals surface area (Å²) in [7, 11) is 0. The average molecular weight is 453 g/mol. The number of carboxylic acids is 1. The van der Waals surface area contributed by atoms with E-state index >= 15 is 0 Å². The lowest BCUT2D eigenvalue weighted by Crippen LogP contribution is -2.42. The smallest absolute Gasteiger partial charge is 0.407 e. The third-order valence-corrected chi connectivity index (χ3v) is 6.60. The molecule has 2 amide bonds. The van der Waals surface area contributed by atoms with Gasteiger partial charge in [0.2, 0.25) is 5.91 Å². The summed E-state index contributed by atoms with van der Waals surface area (Å²) in [5.41, 5.74) is 4.61. The predicted molar refractivity (Wildman–Crippen MR) is 121 cm³/mol. The number of aliphatic carboxylic acids is 1. The van der Waals surface area contributed by atoms with Gasteiger partial charge in [-0.05, 0) is 41.0 Å². The van der Waals surface area contributed by atoms with Gasteiger partial charge in [-0.2, -0.15) is 0 Å². The van der Waals surface area contributed by atoms with Crippen LogP contribution in [0, 0.1) is 11.8 Å². The summed E-state index contributed by atoms with van der Waals surface area (Å²) < 4.78 is 5.55. The second-order valence-electron chi connectivity index (χ2n) is 8.60. The van der Waals surface area contributed by atoms with Crippen molar-refractivity contribution < 1.29 is 29.3 Å². The van der Waals surface area contributed by atoms with E-state index in [-0.39, 0.29) is 36.8 Å². The molecule has 1 fully saturated rings. The monoisotopic (exact) mass is 452 g/mol. The largest absolute Gasteiger partial charge is 0.479 e. The third kappa shape index (κ3) is 5.01. The number of carbonyl (C=O) groups excluding carboxylic acids is 2. The Bertz CT molecular complexity index is 994. The lowest BCUT2D eigenvalue weighted by Gasteiger charge is -2.20. The van der Waals surface area contributed by atoms with E-state index in [4.69, 9.17) is 9.84 Å². The van der Waals surface area contributed by atoms with Gasteiger partial charge in [-0.1, -0.05) is 55.0 Å². The number of rotatable bonds is 8. The SMILES string of the molecule is O=C(NC[C@@H]1CCC[C@@H]1C(=O)NC[C@H](O)C(=O)O)OCC1c2ccccc2-c2ccccc21. The molecule has 0 heterocycles. The molecule has 0 bridgehead atoms. The quantitative estimate of drug-likeness (QED) is 0.488. The molecule has 0 unspecified atom stereocenters. The van der Waals surface area contributed by atoms with Crippen molar-refractivity contribution in [3.8, 4) is 11.1 Å². The molecule has 2 aliphatic rings. The number of carboxylic acid groups (broad SMARTS) is 1. The number of alkyl carbamates (subject to hydrolysis) is 1. The van der Waals surface area contributed by atoms with Gasteiger partial charge >= 0.3 is 12.1 Å². The van der Waals surface area contributed by atoms with Crippen LogP contribution in [0.3, 0.4) is 0 Å². The summed E-state index contributed by atoms with van der Waals surface area (Å²) in [6.45, 7) is 0.189. The molecule has 4 N–H and O–H groups in total. The summed E-state index contributed by atoms with van der Waals surface area (Å²) in [4.78, 5) is 35.5. The highest BCUT2D eigenvalue weighted by atomic mass is 16.5. The summed E-state index contributed by atoms with van der Waals surface area (Å²) in [5, 5.41) is 23.3. The van der Waals surface area contributed by atoms with Crippen LogP contribution in [-0.4, -0.2) is 54.0 Å². The van der Waals surface area contributed by atoms with E-state index in [0.29, 0.717) is 13.0 Å². The van der Waals surface area contributed by atoms with E-state index in [2.05, 4.69) is 34.9 Å².